The fourth-order valence-corrected chi connectivity index (χ4v) is 3.92. The van der Waals surface area contributed by atoms with E-state index in [4.69, 9.17) is 17.4 Å². The average Bonchev–Trinajstić information content (AvgIpc) is 2.91. The van der Waals surface area contributed by atoms with Crippen molar-refractivity contribution in [2.24, 2.45) is 5.84 Å². The molecule has 0 saturated heterocycles. The van der Waals surface area contributed by atoms with Crippen LogP contribution in [0.25, 0.3) is 0 Å². The van der Waals surface area contributed by atoms with Crippen LogP contribution in [0.4, 0.5) is 0 Å². The second-order valence-electron chi connectivity index (χ2n) is 5.58. The van der Waals surface area contributed by atoms with Crippen molar-refractivity contribution in [2.45, 2.75) is 31.7 Å². The summed E-state index contributed by atoms with van der Waals surface area (Å²) in [5.74, 6) is 5.76. The maximum absolute atomic E-state index is 6.13. The molecule has 3 rings (SSSR count). The molecule has 4 heteroatoms. The highest BCUT2D eigenvalue weighted by Crippen LogP contribution is 2.28. The predicted molar refractivity (Wildman–Crippen MR) is 91.4 cm³/mol. The quantitative estimate of drug-likeness (QED) is 0.625. The average molecular weight is 366 g/mol. The van der Waals surface area contributed by atoms with Crippen LogP contribution in [0.5, 0.6) is 0 Å². The minimum absolute atomic E-state index is 0.0550. The summed E-state index contributed by atoms with van der Waals surface area (Å²) in [6.45, 7) is 0. The Morgan fingerprint density at radius 3 is 2.71 bits per heavy atom. The van der Waals surface area contributed by atoms with E-state index in [1.807, 2.05) is 12.1 Å². The number of rotatable bonds is 4. The molecule has 0 heterocycles. The van der Waals surface area contributed by atoms with Gasteiger partial charge in [0.05, 0.1) is 6.04 Å². The van der Waals surface area contributed by atoms with Gasteiger partial charge in [-0.25, -0.2) is 0 Å². The molecule has 0 amide bonds. The van der Waals surface area contributed by atoms with E-state index in [-0.39, 0.29) is 6.04 Å². The van der Waals surface area contributed by atoms with Gasteiger partial charge in [-0.3, -0.25) is 11.3 Å². The largest absolute Gasteiger partial charge is 0.271 e. The summed E-state index contributed by atoms with van der Waals surface area (Å²) in [7, 11) is 0. The summed E-state index contributed by atoms with van der Waals surface area (Å²) in [4.78, 5) is 0. The third-order valence-corrected chi connectivity index (χ3v) is 4.77. The number of benzene rings is 2. The Balaban J connectivity index is 1.84. The van der Waals surface area contributed by atoms with E-state index >= 15 is 0 Å². The van der Waals surface area contributed by atoms with Gasteiger partial charge in [-0.05, 0) is 66.1 Å². The van der Waals surface area contributed by atoms with Crippen molar-refractivity contribution in [1.29, 1.82) is 0 Å². The molecule has 2 nitrogen and oxygen atoms in total. The van der Waals surface area contributed by atoms with Crippen molar-refractivity contribution in [2.75, 3.05) is 0 Å². The van der Waals surface area contributed by atoms with Crippen LogP contribution >= 0.6 is 27.5 Å². The molecule has 0 bridgehead atoms. The summed E-state index contributed by atoms with van der Waals surface area (Å²) in [5, 5.41) is 0.716. The first-order valence-electron chi connectivity index (χ1n) is 7.18. The van der Waals surface area contributed by atoms with Crippen LogP contribution in [-0.4, -0.2) is 0 Å². The summed E-state index contributed by atoms with van der Waals surface area (Å²) < 4.78 is 0.971. The highest BCUT2D eigenvalue weighted by atomic mass is 79.9. The van der Waals surface area contributed by atoms with Gasteiger partial charge < -0.3 is 0 Å². The standard InChI is InChI=1S/C17H18BrClN2/c18-15-8-14(9-16(19)10-15)17(21-20)7-11-4-5-12-2-1-3-13(12)6-11/h4-6,8-10,17,21H,1-3,7,20H2. The number of halogens is 2. The molecule has 2 aromatic carbocycles. The Bertz CT molecular complexity index is 637. The highest BCUT2D eigenvalue weighted by Gasteiger charge is 2.15. The van der Waals surface area contributed by atoms with Crippen LogP contribution in [0, 0.1) is 0 Å². The lowest BCUT2D eigenvalue weighted by molar-refractivity contribution is 0.551. The van der Waals surface area contributed by atoms with Crippen LogP contribution in [0.2, 0.25) is 5.02 Å². The van der Waals surface area contributed by atoms with Gasteiger partial charge in [-0.2, -0.15) is 0 Å². The number of hydrogen-bond acceptors (Lipinski definition) is 2. The van der Waals surface area contributed by atoms with E-state index in [0.29, 0.717) is 5.02 Å². The van der Waals surface area contributed by atoms with E-state index in [2.05, 4.69) is 45.6 Å². The topological polar surface area (TPSA) is 38.0 Å². The highest BCUT2D eigenvalue weighted by molar-refractivity contribution is 9.10. The van der Waals surface area contributed by atoms with Crippen LogP contribution in [-0.2, 0) is 19.3 Å². The lowest BCUT2D eigenvalue weighted by Crippen LogP contribution is -2.29. The van der Waals surface area contributed by atoms with Crippen LogP contribution in [0.1, 0.15) is 34.7 Å². The van der Waals surface area contributed by atoms with Crippen molar-refractivity contribution in [3.05, 3.63) is 68.1 Å². The van der Waals surface area contributed by atoms with Crippen LogP contribution < -0.4 is 11.3 Å². The number of fused-ring (bicyclic) bond motifs is 1. The molecular weight excluding hydrogens is 348 g/mol. The second kappa shape index (κ2) is 6.49. The number of hydrogen-bond donors (Lipinski definition) is 2. The molecule has 3 N–H and O–H groups in total. The Morgan fingerprint density at radius 2 is 1.95 bits per heavy atom. The van der Waals surface area contributed by atoms with Crippen LogP contribution in [0.3, 0.4) is 0 Å². The van der Waals surface area contributed by atoms with Crippen LogP contribution in [0.15, 0.2) is 40.9 Å². The van der Waals surface area contributed by atoms with Gasteiger partial charge in [0.25, 0.3) is 0 Å². The second-order valence-corrected chi connectivity index (χ2v) is 6.93. The molecule has 1 aliphatic rings. The van der Waals surface area contributed by atoms with E-state index in [0.717, 1.165) is 16.5 Å². The number of hydrazine groups is 1. The van der Waals surface area contributed by atoms with Crippen molar-refractivity contribution in [1.82, 2.24) is 5.43 Å². The van der Waals surface area contributed by atoms with Crippen molar-refractivity contribution in [3.8, 4) is 0 Å². The molecular formula is C17H18BrClN2. The first kappa shape index (κ1) is 15.0. The molecule has 1 atom stereocenters. The minimum Gasteiger partial charge on any atom is -0.271 e. The normalized spacial score (nSPS) is 15.0. The van der Waals surface area contributed by atoms with Crippen molar-refractivity contribution >= 4 is 27.5 Å². The van der Waals surface area contributed by atoms with E-state index in [9.17, 15) is 0 Å². The van der Waals surface area contributed by atoms with E-state index in [1.54, 1.807) is 0 Å². The zero-order valence-electron chi connectivity index (χ0n) is 11.7. The van der Waals surface area contributed by atoms with Gasteiger partial charge in [-0.15, -0.1) is 0 Å². The predicted octanol–water partition coefficient (Wildman–Crippen LogP) is 4.34. The molecule has 1 aliphatic carbocycles. The first-order valence-corrected chi connectivity index (χ1v) is 8.35. The molecule has 0 spiro atoms. The van der Waals surface area contributed by atoms with Gasteiger partial charge in [0.1, 0.15) is 0 Å². The zero-order valence-corrected chi connectivity index (χ0v) is 14.0. The molecule has 0 aromatic heterocycles. The van der Waals surface area contributed by atoms with Crippen molar-refractivity contribution in [3.63, 3.8) is 0 Å². The minimum atomic E-state index is 0.0550. The smallest absolute Gasteiger partial charge is 0.0501 e. The number of nitrogens with one attached hydrogen (secondary N) is 1. The van der Waals surface area contributed by atoms with E-state index < -0.39 is 0 Å². The number of aryl methyl sites for hydroxylation is 2. The SMILES string of the molecule is NNC(Cc1ccc2c(c1)CCC2)c1cc(Cl)cc(Br)c1. The van der Waals surface area contributed by atoms with Gasteiger partial charge in [0, 0.05) is 9.50 Å². The van der Waals surface area contributed by atoms with Gasteiger partial charge in [0.15, 0.2) is 0 Å². The lowest BCUT2D eigenvalue weighted by atomic mass is 9.97. The fraction of sp³-hybridized carbons (Fsp3) is 0.294. The molecule has 0 radical (unpaired) electrons. The zero-order chi connectivity index (χ0) is 14.8. The molecule has 2 aromatic rings. The fourth-order valence-electron chi connectivity index (χ4n) is 3.04. The molecule has 0 saturated carbocycles. The van der Waals surface area contributed by atoms with Crippen molar-refractivity contribution < 1.29 is 0 Å². The Morgan fingerprint density at radius 1 is 1.14 bits per heavy atom. The Kier molecular flexibility index (Phi) is 4.65. The summed E-state index contributed by atoms with van der Waals surface area (Å²) >= 11 is 9.62. The molecule has 110 valence electrons. The molecule has 0 aliphatic heterocycles. The summed E-state index contributed by atoms with van der Waals surface area (Å²) in [6, 6.07) is 12.8. The lowest BCUT2D eigenvalue weighted by Gasteiger charge is -2.18. The molecule has 0 fully saturated rings. The Labute approximate surface area is 138 Å². The maximum Gasteiger partial charge on any atom is 0.0501 e. The molecule has 21 heavy (non-hydrogen) atoms. The van der Waals surface area contributed by atoms with Gasteiger partial charge in [0.2, 0.25) is 0 Å². The van der Waals surface area contributed by atoms with E-state index in [1.165, 1.54) is 36.0 Å². The summed E-state index contributed by atoms with van der Waals surface area (Å²) in [5.41, 5.74) is 8.32. The third kappa shape index (κ3) is 3.49. The monoisotopic (exact) mass is 364 g/mol. The first-order chi connectivity index (χ1) is 10.2. The summed E-state index contributed by atoms with van der Waals surface area (Å²) in [6.07, 6.45) is 4.55. The number of nitrogens with two attached hydrogens (primary N) is 1. The van der Waals surface area contributed by atoms with Gasteiger partial charge >= 0.3 is 0 Å². The maximum atomic E-state index is 6.13. The third-order valence-electron chi connectivity index (χ3n) is 4.09. The Hall–Kier alpha value is -0.870. The van der Waals surface area contributed by atoms with Gasteiger partial charge in [-0.1, -0.05) is 45.7 Å². The molecule has 1 unspecified atom stereocenters.